The van der Waals surface area contributed by atoms with Gasteiger partial charge < -0.3 is 30.2 Å². The maximum absolute atomic E-state index is 12.9. The Balaban J connectivity index is 2.69. The van der Waals surface area contributed by atoms with E-state index in [0.29, 0.717) is 19.4 Å². The number of alkyl carbamates (subject to hydrolysis) is 2. The van der Waals surface area contributed by atoms with Gasteiger partial charge in [-0.2, -0.15) is 0 Å². The predicted molar refractivity (Wildman–Crippen MR) is 130 cm³/mol. The maximum Gasteiger partial charge on any atom is 0.408 e. The Hall–Kier alpha value is -3.30. The van der Waals surface area contributed by atoms with E-state index in [9.17, 15) is 19.2 Å². The van der Waals surface area contributed by atoms with Crippen LogP contribution in [0.3, 0.4) is 0 Å². The molecule has 0 unspecified atom stereocenters. The summed E-state index contributed by atoms with van der Waals surface area (Å²) in [6, 6.07) is 7.36. The van der Waals surface area contributed by atoms with Gasteiger partial charge in [0.05, 0.1) is 7.11 Å². The number of ether oxygens (including phenoxy) is 3. The molecule has 0 aromatic heterocycles. The SMILES string of the molecule is COC(=O)[C@@H](NC(=O)[C@H](CCCCNC(=O)OC(C)(C)C)NC(=O)OCc1ccccc1)C(C)C. The molecule has 0 heterocycles. The lowest BCUT2D eigenvalue weighted by atomic mass is 10.0. The van der Waals surface area contributed by atoms with Crippen LogP contribution in [-0.4, -0.2) is 55.4 Å². The Kier molecular flexibility index (Phi) is 12.6. The second-order valence-electron chi connectivity index (χ2n) is 9.44. The summed E-state index contributed by atoms with van der Waals surface area (Å²) in [6.07, 6.45) is 0.0624. The molecule has 0 bridgehead atoms. The fraction of sp³-hybridized carbons (Fsp3) is 0.600. The third-order valence-corrected chi connectivity index (χ3v) is 4.83. The van der Waals surface area contributed by atoms with E-state index < -0.39 is 41.7 Å². The molecule has 2 atom stereocenters. The van der Waals surface area contributed by atoms with Gasteiger partial charge in [-0.15, -0.1) is 0 Å². The minimum absolute atomic E-state index is 0.0532. The Labute approximate surface area is 207 Å². The molecule has 10 nitrogen and oxygen atoms in total. The topological polar surface area (TPSA) is 132 Å². The summed E-state index contributed by atoms with van der Waals surface area (Å²) < 4.78 is 15.2. The molecule has 0 saturated heterocycles. The summed E-state index contributed by atoms with van der Waals surface area (Å²) in [4.78, 5) is 49.1. The lowest BCUT2D eigenvalue weighted by molar-refractivity contribution is -0.146. The number of amides is 3. The quantitative estimate of drug-likeness (QED) is 0.231. The lowest BCUT2D eigenvalue weighted by Gasteiger charge is -2.24. The average molecular weight is 494 g/mol. The van der Waals surface area contributed by atoms with Crippen molar-refractivity contribution >= 4 is 24.1 Å². The summed E-state index contributed by atoms with van der Waals surface area (Å²) in [5.41, 5.74) is 0.214. The van der Waals surface area contributed by atoms with E-state index in [4.69, 9.17) is 14.2 Å². The van der Waals surface area contributed by atoms with Gasteiger partial charge in [0.15, 0.2) is 0 Å². The van der Waals surface area contributed by atoms with E-state index >= 15 is 0 Å². The summed E-state index contributed by atoms with van der Waals surface area (Å²) >= 11 is 0. The largest absolute Gasteiger partial charge is 0.467 e. The zero-order chi connectivity index (χ0) is 26.4. The van der Waals surface area contributed by atoms with Gasteiger partial charge in [-0.05, 0) is 51.5 Å². The smallest absolute Gasteiger partial charge is 0.408 e. The third-order valence-electron chi connectivity index (χ3n) is 4.83. The molecule has 0 saturated carbocycles. The van der Waals surface area contributed by atoms with E-state index in [0.717, 1.165) is 5.56 Å². The highest BCUT2D eigenvalue weighted by Gasteiger charge is 2.29. The average Bonchev–Trinajstić information content (AvgIpc) is 2.78. The van der Waals surface area contributed by atoms with Gasteiger partial charge in [0.1, 0.15) is 24.3 Å². The fourth-order valence-electron chi connectivity index (χ4n) is 3.03. The van der Waals surface area contributed by atoms with Gasteiger partial charge in [-0.1, -0.05) is 44.2 Å². The van der Waals surface area contributed by atoms with Crippen LogP contribution < -0.4 is 16.0 Å². The summed E-state index contributed by atoms with van der Waals surface area (Å²) in [5.74, 6) is -1.30. The van der Waals surface area contributed by atoms with Crippen molar-refractivity contribution in [3.05, 3.63) is 35.9 Å². The Morgan fingerprint density at radius 2 is 1.60 bits per heavy atom. The molecule has 0 radical (unpaired) electrons. The van der Waals surface area contributed by atoms with Crippen LogP contribution in [-0.2, 0) is 30.4 Å². The molecule has 0 fully saturated rings. The minimum Gasteiger partial charge on any atom is -0.467 e. The summed E-state index contributed by atoms with van der Waals surface area (Å²) in [6.45, 7) is 9.28. The van der Waals surface area contributed by atoms with Crippen LogP contribution in [0.15, 0.2) is 30.3 Å². The van der Waals surface area contributed by atoms with Crippen molar-refractivity contribution < 1.29 is 33.4 Å². The molecule has 1 aromatic carbocycles. The number of hydrogen-bond donors (Lipinski definition) is 3. The van der Waals surface area contributed by atoms with Crippen LogP contribution in [0.1, 0.15) is 59.4 Å². The van der Waals surface area contributed by atoms with Crippen molar-refractivity contribution in [2.24, 2.45) is 5.92 Å². The number of methoxy groups -OCH3 is 1. The van der Waals surface area contributed by atoms with E-state index in [1.54, 1.807) is 34.6 Å². The van der Waals surface area contributed by atoms with Gasteiger partial charge in [0.2, 0.25) is 5.91 Å². The van der Waals surface area contributed by atoms with E-state index in [2.05, 4.69) is 16.0 Å². The molecule has 3 amide bonds. The summed E-state index contributed by atoms with van der Waals surface area (Å²) in [5, 5.41) is 7.90. The Morgan fingerprint density at radius 1 is 0.943 bits per heavy atom. The van der Waals surface area contributed by atoms with Crippen molar-refractivity contribution in [3.8, 4) is 0 Å². The van der Waals surface area contributed by atoms with E-state index in [1.165, 1.54) is 7.11 Å². The number of hydrogen-bond acceptors (Lipinski definition) is 7. The van der Waals surface area contributed by atoms with Crippen LogP contribution in [0.2, 0.25) is 0 Å². The van der Waals surface area contributed by atoms with E-state index in [-0.39, 0.29) is 18.9 Å². The van der Waals surface area contributed by atoms with Gasteiger partial charge in [-0.25, -0.2) is 14.4 Å². The highest BCUT2D eigenvalue weighted by atomic mass is 16.6. The maximum atomic E-state index is 12.9. The first kappa shape index (κ1) is 29.7. The van der Waals surface area contributed by atoms with Gasteiger partial charge in [-0.3, -0.25) is 4.79 Å². The highest BCUT2D eigenvalue weighted by molar-refractivity contribution is 5.89. The molecule has 35 heavy (non-hydrogen) atoms. The van der Waals surface area contributed by atoms with Crippen LogP contribution in [0.4, 0.5) is 9.59 Å². The molecular formula is C25H39N3O7. The van der Waals surface area contributed by atoms with Crippen molar-refractivity contribution in [2.45, 2.75) is 78.2 Å². The number of benzene rings is 1. The van der Waals surface area contributed by atoms with E-state index in [1.807, 2.05) is 30.3 Å². The third kappa shape index (κ3) is 12.7. The van der Waals surface area contributed by atoms with Crippen LogP contribution >= 0.6 is 0 Å². The summed E-state index contributed by atoms with van der Waals surface area (Å²) in [7, 11) is 1.25. The molecule has 0 spiro atoms. The lowest BCUT2D eigenvalue weighted by Crippen LogP contribution is -2.53. The van der Waals surface area contributed by atoms with Gasteiger partial charge >= 0.3 is 18.2 Å². The van der Waals surface area contributed by atoms with Crippen LogP contribution in [0.25, 0.3) is 0 Å². The number of rotatable bonds is 12. The second kappa shape index (κ2) is 14.9. The van der Waals surface area contributed by atoms with Gasteiger partial charge in [0.25, 0.3) is 0 Å². The monoisotopic (exact) mass is 493 g/mol. The number of nitrogens with one attached hydrogen (secondary N) is 3. The molecule has 1 rings (SSSR count). The minimum atomic E-state index is -0.939. The number of carbonyl (C=O) groups is 4. The molecule has 0 aliphatic rings. The van der Waals surface area contributed by atoms with Crippen LogP contribution in [0.5, 0.6) is 0 Å². The molecular weight excluding hydrogens is 454 g/mol. The molecule has 0 aliphatic heterocycles. The van der Waals surface area contributed by atoms with Crippen molar-refractivity contribution in [1.82, 2.24) is 16.0 Å². The number of unbranched alkanes of at least 4 members (excludes halogenated alkanes) is 1. The first-order valence-corrected chi connectivity index (χ1v) is 11.7. The Morgan fingerprint density at radius 3 is 2.17 bits per heavy atom. The zero-order valence-electron chi connectivity index (χ0n) is 21.5. The highest BCUT2D eigenvalue weighted by Crippen LogP contribution is 2.09. The second-order valence-corrected chi connectivity index (χ2v) is 9.44. The van der Waals surface area contributed by atoms with Crippen molar-refractivity contribution in [3.63, 3.8) is 0 Å². The number of carbonyl (C=O) groups excluding carboxylic acids is 4. The standard InChI is InChI=1S/C25H39N3O7/c1-17(2)20(22(30)33-6)28-21(29)19(14-10-11-15-26-23(31)35-25(3,4)5)27-24(32)34-16-18-12-8-7-9-13-18/h7-9,12-13,17,19-20H,10-11,14-16H2,1-6H3,(H,26,31)(H,27,32)(H,28,29)/t19-,20-/m0/s1. The molecule has 1 aromatic rings. The van der Waals surface area contributed by atoms with Crippen LogP contribution in [0, 0.1) is 5.92 Å². The molecule has 10 heteroatoms. The Bertz CT molecular complexity index is 822. The molecule has 0 aliphatic carbocycles. The first-order valence-electron chi connectivity index (χ1n) is 11.7. The predicted octanol–water partition coefficient (Wildman–Crippen LogP) is 3.29. The normalized spacial score (nSPS) is 12.8. The van der Waals surface area contributed by atoms with Crippen molar-refractivity contribution in [2.75, 3.05) is 13.7 Å². The van der Waals surface area contributed by atoms with Crippen molar-refractivity contribution in [1.29, 1.82) is 0 Å². The molecule has 196 valence electrons. The number of esters is 1. The zero-order valence-corrected chi connectivity index (χ0v) is 21.5. The first-order chi connectivity index (χ1) is 16.4. The van der Waals surface area contributed by atoms with Gasteiger partial charge in [0, 0.05) is 6.54 Å². The molecule has 3 N–H and O–H groups in total. The fourth-order valence-corrected chi connectivity index (χ4v) is 3.03.